The van der Waals surface area contributed by atoms with Crippen molar-refractivity contribution in [2.45, 2.75) is 133 Å². The van der Waals surface area contributed by atoms with Crippen LogP contribution in [-0.2, 0) is 0 Å². The first-order valence-electron chi connectivity index (χ1n) is 15.6. The molecule has 232 valence electrons. The number of rotatable bonds is 11. The van der Waals surface area contributed by atoms with Crippen LogP contribution in [0.5, 0.6) is 0 Å². The molecular weight excluding hydrogens is 741 g/mol. The smallest absolute Gasteiger partial charge is 0.120 e. The average molecular weight is 803 g/mol. The van der Waals surface area contributed by atoms with Crippen LogP contribution in [0.25, 0.3) is 0 Å². The lowest BCUT2D eigenvalue weighted by molar-refractivity contribution is 1.10. The van der Waals surface area contributed by atoms with E-state index in [9.17, 15) is 0 Å². The molecular formula is C32H62Br2Si7. The van der Waals surface area contributed by atoms with Gasteiger partial charge < -0.3 is 0 Å². The van der Waals surface area contributed by atoms with Crippen LogP contribution in [0.4, 0.5) is 0 Å². The molecule has 1 aliphatic rings. The number of halogens is 2. The van der Waals surface area contributed by atoms with Gasteiger partial charge in [0.15, 0.2) is 0 Å². The van der Waals surface area contributed by atoms with Gasteiger partial charge in [0.25, 0.3) is 5.31 Å². The van der Waals surface area contributed by atoms with E-state index in [0.29, 0.717) is 10.3 Å². The molecule has 0 radical (unpaired) electrons. The molecule has 0 atom stereocenters. The molecule has 2 rings (SSSR count). The molecule has 0 saturated heterocycles. The van der Waals surface area contributed by atoms with E-state index in [1.54, 1.807) is 21.9 Å². The molecule has 1 aromatic rings. The van der Waals surface area contributed by atoms with Crippen molar-refractivity contribution in [3.8, 4) is 0 Å². The molecule has 1 aliphatic carbocycles. The Labute approximate surface area is 278 Å². The Bertz CT molecular complexity index is 1120. The fourth-order valence-electron chi connectivity index (χ4n) is 9.12. The fourth-order valence-corrected chi connectivity index (χ4v) is 54.1. The summed E-state index contributed by atoms with van der Waals surface area (Å²) in [5.74, 6) is 0. The molecule has 9 heteroatoms. The van der Waals surface area contributed by atoms with Gasteiger partial charge in [-0.2, -0.15) is 0 Å². The molecule has 0 fully saturated rings. The van der Waals surface area contributed by atoms with E-state index in [0.717, 1.165) is 5.16 Å². The van der Waals surface area contributed by atoms with Gasteiger partial charge in [0.05, 0.1) is 0 Å². The largest absolute Gasteiger partial charge is 0.267 e. The molecule has 1 aromatic carbocycles. The summed E-state index contributed by atoms with van der Waals surface area (Å²) in [6.07, 6.45) is 6.62. The number of allylic oxidation sites excluding steroid dienone is 3. The maximum Gasteiger partial charge on any atom is 0.267 e. The van der Waals surface area contributed by atoms with Crippen LogP contribution in [0.3, 0.4) is 0 Å². The van der Waals surface area contributed by atoms with Crippen molar-refractivity contribution in [1.82, 2.24) is 0 Å². The molecule has 0 heterocycles. The monoisotopic (exact) mass is 800 g/mol. The highest BCUT2D eigenvalue weighted by atomic mass is 79.9. The van der Waals surface area contributed by atoms with Gasteiger partial charge in [-0.25, -0.2) is 0 Å². The summed E-state index contributed by atoms with van der Waals surface area (Å²) >= 11 is 9.05. The second-order valence-electron chi connectivity index (χ2n) is 19.2. The summed E-state index contributed by atoms with van der Waals surface area (Å²) < 4.78 is 0. The summed E-state index contributed by atoms with van der Waals surface area (Å²) in [5.41, 5.74) is 8.84. The lowest BCUT2D eigenvalue weighted by Crippen LogP contribution is -2.56. The Hall–Kier alpha value is 0.958. The zero-order chi connectivity index (χ0) is 32.4. The Morgan fingerprint density at radius 2 is 0.829 bits per heavy atom. The van der Waals surface area contributed by atoms with Gasteiger partial charge in [-0.1, -0.05) is 173 Å². The predicted octanol–water partition coefficient (Wildman–Crippen LogP) is 11.8. The van der Waals surface area contributed by atoms with Crippen LogP contribution in [0.1, 0.15) is 32.2 Å². The topological polar surface area (TPSA) is 0 Å². The highest BCUT2D eigenvalue weighted by Crippen LogP contribution is 2.47. The van der Waals surface area contributed by atoms with Crippen LogP contribution >= 0.6 is 30.6 Å². The molecule has 0 amide bonds. The van der Waals surface area contributed by atoms with Crippen LogP contribution < -0.4 is 5.19 Å². The first-order valence-corrected chi connectivity index (χ1v) is 43.6. The fraction of sp³-hybridized carbons (Fsp3) is 0.656. The lowest BCUT2D eigenvalue weighted by atomic mass is 10.1. The van der Waals surface area contributed by atoms with E-state index < -0.39 is 53.8 Å². The van der Waals surface area contributed by atoms with Crippen LogP contribution in [0, 0.1) is 0 Å². The van der Waals surface area contributed by atoms with E-state index in [-0.39, 0.29) is 0 Å². The van der Waals surface area contributed by atoms with Crippen molar-refractivity contribution < 1.29 is 0 Å². The van der Waals surface area contributed by atoms with E-state index in [1.807, 2.05) is 0 Å². The summed E-state index contributed by atoms with van der Waals surface area (Å²) in [6.45, 7) is 47.6. The van der Waals surface area contributed by atoms with Crippen molar-refractivity contribution in [2.75, 3.05) is 0 Å². The zero-order valence-electron chi connectivity index (χ0n) is 29.9. The highest BCUT2D eigenvalue weighted by Gasteiger charge is 2.50. The molecule has 0 unspecified atom stereocenters. The van der Waals surface area contributed by atoms with Gasteiger partial charge in [0.1, 0.15) is 0 Å². The average Bonchev–Trinajstić information content (AvgIpc) is 3.15. The number of hydrogen-bond acceptors (Lipinski definition) is 0. The second kappa shape index (κ2) is 12.3. The van der Waals surface area contributed by atoms with Crippen LogP contribution in [0.2, 0.25) is 118 Å². The first kappa shape index (κ1) is 38.1. The normalized spacial score (nSPS) is 16.0. The minimum Gasteiger partial charge on any atom is -0.120 e. The van der Waals surface area contributed by atoms with E-state index >= 15 is 0 Å². The van der Waals surface area contributed by atoms with Gasteiger partial charge >= 0.3 is 0 Å². The van der Waals surface area contributed by atoms with Crippen molar-refractivity contribution >= 4 is 89.5 Å². The third-order valence-electron chi connectivity index (χ3n) is 8.62. The molecule has 0 N–H and O–H groups in total. The number of benzene rings is 1. The maximum absolute atomic E-state index is 4.53. The van der Waals surface area contributed by atoms with E-state index in [4.69, 9.17) is 0 Å². The van der Waals surface area contributed by atoms with Crippen molar-refractivity contribution in [1.29, 1.82) is 0 Å². The Morgan fingerprint density at radius 3 is 1.07 bits per heavy atom. The van der Waals surface area contributed by atoms with Crippen molar-refractivity contribution in [3.05, 3.63) is 58.0 Å². The summed E-state index contributed by atoms with van der Waals surface area (Å²) in [7, 11) is -9.30. The Kier molecular flexibility index (Phi) is 11.4. The predicted molar refractivity (Wildman–Crippen MR) is 219 cm³/mol. The molecule has 0 nitrogen and oxygen atoms in total. The quantitative estimate of drug-likeness (QED) is 0.119. The van der Waals surface area contributed by atoms with Gasteiger partial charge in [0.2, 0.25) is 0 Å². The number of hydrogen-bond donors (Lipinski definition) is 0. The molecule has 0 aromatic heterocycles. The molecule has 0 bridgehead atoms. The third kappa shape index (κ3) is 8.82. The second-order valence-corrected chi connectivity index (χ2v) is 65.3. The van der Waals surface area contributed by atoms with Gasteiger partial charge in [-0.15, -0.1) is 5.73 Å². The molecule has 0 aliphatic heterocycles. The Morgan fingerprint density at radius 1 is 0.512 bits per heavy atom. The zero-order valence-corrected chi connectivity index (χ0v) is 40.0. The molecule has 41 heavy (non-hydrogen) atoms. The summed E-state index contributed by atoms with van der Waals surface area (Å²) in [4.78, 5) is 0. The van der Waals surface area contributed by atoms with Crippen molar-refractivity contribution in [2.24, 2.45) is 0 Å². The maximum atomic E-state index is 4.53. The third-order valence-corrected chi connectivity index (χ3v) is 43.6. The minimum atomic E-state index is -2.40. The van der Waals surface area contributed by atoms with Crippen molar-refractivity contribution in [3.63, 3.8) is 0 Å². The van der Waals surface area contributed by atoms with Gasteiger partial charge in [-0.05, 0) is 43.4 Å². The lowest BCUT2D eigenvalue weighted by Gasteiger charge is -2.47. The van der Waals surface area contributed by atoms with E-state index in [2.05, 4.69) is 185 Å². The summed E-state index contributed by atoms with van der Waals surface area (Å²) in [6, 6.07) is 5.64. The van der Waals surface area contributed by atoms with Gasteiger partial charge in [-0.3, -0.25) is 0 Å². The first-order chi connectivity index (χ1) is 17.9. The minimum absolute atomic E-state index is 0.688. The van der Waals surface area contributed by atoms with E-state index in [1.165, 1.54) is 5.20 Å². The SMILES string of the molecule is C[Si](C)(C)C(c1cc(C([Si](C)(C)C)[Si](C)(C)C)c([Si](Br)(Br)C2=C=CC=C2)c(C([Si](C)(C)C)[Si](C)(C)C)c1)[Si](C)(C)C. The summed E-state index contributed by atoms with van der Waals surface area (Å²) in [5, 5.41) is 2.73. The molecule has 0 spiro atoms. The molecule has 0 saturated carbocycles. The standard InChI is InChI=1S/C32H62Br2Si7/c1-35(2,3)30(36(4,5)6)25-23-27(31(37(7,8)9)38(10,11)12)29(41(33,34)26-21-19-20-22-26)28(24-25)32(39(13,14)15)40(16,17)18/h19-21,23-24,30-32H,1-18H3. The van der Waals surface area contributed by atoms with Crippen LogP contribution in [0.15, 0.2) is 41.3 Å². The van der Waals surface area contributed by atoms with Gasteiger partial charge in [0, 0.05) is 53.6 Å². The Balaban J connectivity index is 3.41. The highest BCUT2D eigenvalue weighted by molar-refractivity contribution is 9.52. The van der Waals surface area contributed by atoms with Crippen LogP contribution in [-0.4, -0.2) is 53.8 Å².